The van der Waals surface area contributed by atoms with Crippen LogP contribution in [-0.4, -0.2) is 25.1 Å². The molecule has 18 heavy (non-hydrogen) atoms. The van der Waals surface area contributed by atoms with Crippen molar-refractivity contribution in [1.82, 2.24) is 25.1 Å². The molecule has 5 heteroatoms. The Hall–Kier alpha value is -2.69. The molecule has 0 saturated heterocycles. The molecule has 0 aliphatic heterocycles. The van der Waals surface area contributed by atoms with Gasteiger partial charge in [0.15, 0.2) is 5.65 Å². The Balaban J connectivity index is 2.27. The van der Waals surface area contributed by atoms with E-state index in [1.807, 2.05) is 24.3 Å². The van der Waals surface area contributed by atoms with Crippen molar-refractivity contribution < 1.29 is 0 Å². The lowest BCUT2D eigenvalue weighted by Gasteiger charge is -2.02. The average Bonchev–Trinajstić information content (AvgIpc) is 2.45. The number of pyridine rings is 1. The Kier molecular flexibility index (Phi) is 1.77. The molecule has 4 rings (SSSR count). The minimum absolute atomic E-state index is 0.628. The van der Waals surface area contributed by atoms with Crippen molar-refractivity contribution in [3.63, 3.8) is 0 Å². The largest absolute Gasteiger partial charge is 0.251 e. The summed E-state index contributed by atoms with van der Waals surface area (Å²) < 4.78 is 0. The predicted molar refractivity (Wildman–Crippen MR) is 67.9 cm³/mol. The third-order valence-corrected chi connectivity index (χ3v) is 2.91. The number of benzene rings is 1. The smallest absolute Gasteiger partial charge is 0.178 e. The number of hydrogen-bond donors (Lipinski definition) is 0. The van der Waals surface area contributed by atoms with Gasteiger partial charge in [-0.15, -0.1) is 5.10 Å². The standard InChI is InChI=1S/C13H7N5/c1-2-9-7-10-13(15-6-5-14-10)17-11(9)12-8(1)3-4-16-18-12/h1-7H. The summed E-state index contributed by atoms with van der Waals surface area (Å²) in [6.07, 6.45) is 4.98. The highest BCUT2D eigenvalue weighted by molar-refractivity contribution is 6.05. The Morgan fingerprint density at radius 2 is 1.67 bits per heavy atom. The number of rotatable bonds is 0. The monoisotopic (exact) mass is 233 g/mol. The van der Waals surface area contributed by atoms with Gasteiger partial charge in [-0.25, -0.2) is 9.97 Å². The van der Waals surface area contributed by atoms with E-state index in [4.69, 9.17) is 0 Å². The average molecular weight is 233 g/mol. The molecule has 0 N–H and O–H groups in total. The van der Waals surface area contributed by atoms with Gasteiger partial charge in [-0.2, -0.15) is 5.10 Å². The summed E-state index contributed by atoms with van der Waals surface area (Å²) in [7, 11) is 0. The molecule has 0 bridgehead atoms. The molecule has 84 valence electrons. The number of nitrogens with zero attached hydrogens (tertiary/aromatic N) is 5. The van der Waals surface area contributed by atoms with Crippen molar-refractivity contribution in [3.05, 3.63) is 42.9 Å². The van der Waals surface area contributed by atoms with E-state index in [2.05, 4.69) is 25.1 Å². The lowest BCUT2D eigenvalue weighted by molar-refractivity contribution is 1.08. The Morgan fingerprint density at radius 1 is 0.778 bits per heavy atom. The normalized spacial score (nSPS) is 11.3. The van der Waals surface area contributed by atoms with Crippen molar-refractivity contribution in [2.45, 2.75) is 0 Å². The molecule has 0 aliphatic rings. The molecule has 0 saturated carbocycles. The van der Waals surface area contributed by atoms with E-state index in [1.165, 1.54) is 0 Å². The van der Waals surface area contributed by atoms with Gasteiger partial charge in [0.2, 0.25) is 0 Å². The fourth-order valence-corrected chi connectivity index (χ4v) is 2.07. The Morgan fingerprint density at radius 3 is 2.67 bits per heavy atom. The van der Waals surface area contributed by atoms with Gasteiger partial charge in [-0.05, 0) is 12.1 Å². The van der Waals surface area contributed by atoms with Crippen LogP contribution < -0.4 is 0 Å². The van der Waals surface area contributed by atoms with Gasteiger partial charge in [-0.1, -0.05) is 12.1 Å². The molecule has 1 aromatic carbocycles. The van der Waals surface area contributed by atoms with Gasteiger partial charge >= 0.3 is 0 Å². The fraction of sp³-hybridized carbons (Fsp3) is 0. The van der Waals surface area contributed by atoms with Crippen molar-refractivity contribution in [2.24, 2.45) is 0 Å². The molecule has 0 fully saturated rings. The lowest BCUT2D eigenvalue weighted by Crippen LogP contribution is -1.91. The first-order valence-electron chi connectivity index (χ1n) is 5.54. The molecule has 0 aliphatic carbocycles. The summed E-state index contributed by atoms with van der Waals surface area (Å²) in [5.41, 5.74) is 3.02. The van der Waals surface area contributed by atoms with Crippen LogP contribution in [0.2, 0.25) is 0 Å². The van der Waals surface area contributed by atoms with Gasteiger partial charge in [-0.3, -0.25) is 4.98 Å². The zero-order chi connectivity index (χ0) is 11.9. The second kappa shape index (κ2) is 3.40. The maximum absolute atomic E-state index is 4.53. The number of hydrogen-bond acceptors (Lipinski definition) is 5. The quantitative estimate of drug-likeness (QED) is 0.344. The highest BCUT2D eigenvalue weighted by Gasteiger charge is 2.06. The van der Waals surface area contributed by atoms with Crippen LogP contribution in [0.5, 0.6) is 0 Å². The van der Waals surface area contributed by atoms with E-state index >= 15 is 0 Å². The second-order valence-electron chi connectivity index (χ2n) is 3.99. The molecule has 0 unspecified atom stereocenters. The Labute approximate surface area is 102 Å². The van der Waals surface area contributed by atoms with E-state index in [0.29, 0.717) is 5.65 Å². The summed E-state index contributed by atoms with van der Waals surface area (Å²) >= 11 is 0. The third-order valence-electron chi connectivity index (χ3n) is 2.91. The van der Waals surface area contributed by atoms with Crippen LogP contribution in [0.4, 0.5) is 0 Å². The Bertz CT molecular complexity index is 882. The molecule has 0 amide bonds. The highest BCUT2D eigenvalue weighted by Crippen LogP contribution is 2.23. The van der Waals surface area contributed by atoms with Crippen LogP contribution in [0.25, 0.3) is 33.0 Å². The van der Waals surface area contributed by atoms with Crippen LogP contribution in [-0.2, 0) is 0 Å². The number of fused-ring (bicyclic) bond motifs is 4. The maximum Gasteiger partial charge on any atom is 0.178 e. The van der Waals surface area contributed by atoms with E-state index in [1.54, 1.807) is 18.6 Å². The van der Waals surface area contributed by atoms with Gasteiger partial charge < -0.3 is 0 Å². The summed E-state index contributed by atoms with van der Waals surface area (Å²) in [4.78, 5) is 13.0. The summed E-state index contributed by atoms with van der Waals surface area (Å²) in [6, 6.07) is 7.92. The van der Waals surface area contributed by atoms with Crippen LogP contribution in [0, 0.1) is 0 Å². The molecule has 0 spiro atoms. The molecule has 0 radical (unpaired) electrons. The van der Waals surface area contributed by atoms with Crippen molar-refractivity contribution >= 4 is 33.0 Å². The van der Waals surface area contributed by atoms with Crippen molar-refractivity contribution in [1.29, 1.82) is 0 Å². The van der Waals surface area contributed by atoms with Crippen molar-refractivity contribution in [3.8, 4) is 0 Å². The van der Waals surface area contributed by atoms with E-state index in [-0.39, 0.29) is 0 Å². The second-order valence-corrected chi connectivity index (χ2v) is 3.99. The lowest BCUT2D eigenvalue weighted by atomic mass is 10.1. The van der Waals surface area contributed by atoms with E-state index in [9.17, 15) is 0 Å². The first-order chi connectivity index (χ1) is 8.92. The minimum atomic E-state index is 0.628. The minimum Gasteiger partial charge on any atom is -0.251 e. The molecular weight excluding hydrogens is 226 g/mol. The third kappa shape index (κ3) is 1.24. The zero-order valence-electron chi connectivity index (χ0n) is 9.28. The SMILES string of the molecule is c1cc2ccc3cc4nccnc4nc3c2nn1. The molecule has 0 atom stereocenters. The van der Waals surface area contributed by atoms with Gasteiger partial charge in [0, 0.05) is 23.2 Å². The summed E-state index contributed by atoms with van der Waals surface area (Å²) in [5, 5.41) is 10.1. The molecule has 4 aromatic rings. The van der Waals surface area contributed by atoms with E-state index in [0.717, 1.165) is 27.3 Å². The predicted octanol–water partition coefficient (Wildman–Crippen LogP) is 2.12. The highest BCUT2D eigenvalue weighted by atomic mass is 15.1. The van der Waals surface area contributed by atoms with Crippen LogP contribution >= 0.6 is 0 Å². The molecule has 3 aromatic heterocycles. The maximum atomic E-state index is 4.53. The van der Waals surface area contributed by atoms with Crippen LogP contribution in [0.3, 0.4) is 0 Å². The van der Waals surface area contributed by atoms with Crippen LogP contribution in [0.1, 0.15) is 0 Å². The van der Waals surface area contributed by atoms with E-state index < -0.39 is 0 Å². The first-order valence-corrected chi connectivity index (χ1v) is 5.54. The van der Waals surface area contributed by atoms with Crippen molar-refractivity contribution in [2.75, 3.05) is 0 Å². The molecular formula is C13H7N5. The first kappa shape index (κ1) is 9.35. The van der Waals surface area contributed by atoms with Gasteiger partial charge in [0.1, 0.15) is 16.6 Å². The van der Waals surface area contributed by atoms with Crippen LogP contribution in [0.15, 0.2) is 42.9 Å². The van der Waals surface area contributed by atoms with Gasteiger partial charge in [0.05, 0.1) is 6.20 Å². The van der Waals surface area contributed by atoms with Gasteiger partial charge in [0.25, 0.3) is 0 Å². The summed E-state index contributed by atoms with van der Waals surface area (Å²) in [5.74, 6) is 0. The summed E-state index contributed by atoms with van der Waals surface area (Å²) in [6.45, 7) is 0. The topological polar surface area (TPSA) is 64.5 Å². The molecule has 5 nitrogen and oxygen atoms in total. The fourth-order valence-electron chi connectivity index (χ4n) is 2.07. The molecule has 3 heterocycles. The number of aromatic nitrogens is 5. The zero-order valence-corrected chi connectivity index (χ0v) is 9.28.